The van der Waals surface area contributed by atoms with E-state index < -0.39 is 0 Å². The zero-order valence-corrected chi connectivity index (χ0v) is 48.8. The number of hydrogen-bond donors (Lipinski definition) is 5. The van der Waals surface area contributed by atoms with Crippen molar-refractivity contribution in [2.45, 2.75) is 162 Å². The van der Waals surface area contributed by atoms with Crippen molar-refractivity contribution in [2.75, 3.05) is 26.2 Å². The van der Waals surface area contributed by atoms with Crippen molar-refractivity contribution in [1.82, 2.24) is 41.4 Å². The van der Waals surface area contributed by atoms with Gasteiger partial charge in [-0.15, -0.1) is 0 Å². The topological polar surface area (TPSA) is 79.5 Å². The first-order valence-electron chi connectivity index (χ1n) is 30.0. The molecule has 1 aromatic heterocycles. The molecule has 78 heavy (non-hydrogen) atoms. The maximum atomic E-state index is 5.45. The van der Waals surface area contributed by atoms with Gasteiger partial charge in [0.05, 0.1) is 42.6 Å². The Balaban J connectivity index is 0.775. The number of nitrogens with one attached hydrogen (secondary N) is 5. The normalized spacial score (nSPS) is 19.7. The number of unbranched alkanes of at least 4 members (excludes halogenated alkanes) is 2. The molecule has 1 fully saturated rings. The first-order chi connectivity index (χ1) is 37.6. The molecule has 8 rings (SSSR count). The summed E-state index contributed by atoms with van der Waals surface area (Å²) in [4.78, 5) is 10.3. The van der Waals surface area contributed by atoms with Crippen LogP contribution in [0, 0.1) is 30.6 Å². The molecule has 2 aliphatic carbocycles. The predicted octanol–water partition coefficient (Wildman–Crippen LogP) is 15.6. The molecule has 0 amide bonds. The van der Waals surface area contributed by atoms with Crippen LogP contribution in [0.15, 0.2) is 170 Å². The summed E-state index contributed by atoms with van der Waals surface area (Å²) >= 11 is 0. The third-order valence-corrected chi connectivity index (χ3v) is 18.0. The molecule has 0 bridgehead atoms. The molecule has 5 N–H and O–H groups in total. The summed E-state index contributed by atoms with van der Waals surface area (Å²) in [6.07, 6.45) is 20.3. The van der Waals surface area contributed by atoms with Crippen LogP contribution in [0.2, 0.25) is 0 Å². The maximum Gasteiger partial charge on any atom is 0.0928 e. The van der Waals surface area contributed by atoms with E-state index in [1.807, 2.05) is 0 Å². The summed E-state index contributed by atoms with van der Waals surface area (Å²) in [6.45, 7) is 55.7. The molecule has 3 aliphatic heterocycles. The minimum absolute atomic E-state index is 0.168. The SMILES string of the molecule is C=C(CCCCCN1C(=C)CC(C(CC)CCC)C1=C)NCC(=C)NCC(=C)NC(Cc1ccccc1)C(C)CC(=C)NCCCC(=C)NC1CCc2c(C)ccc3nc4c(c1c23)CN1C(=C)C2=C(C=C41)C(CC)C(=C)CC2. The second-order valence-electron chi connectivity index (χ2n) is 23.6. The second kappa shape index (κ2) is 26.5. The monoisotopic (exact) mass is 1050 g/mol. The highest BCUT2D eigenvalue weighted by Crippen LogP contribution is 2.52. The fraction of sp³-hybridized carbons (Fsp3) is 0.471. The Morgan fingerprint density at radius 2 is 1.55 bits per heavy atom. The molecule has 6 unspecified atom stereocenters. The number of aromatic nitrogens is 1. The Kier molecular flexibility index (Phi) is 19.6. The average molecular weight is 1050 g/mol. The van der Waals surface area contributed by atoms with Crippen molar-refractivity contribution >= 4 is 16.6 Å². The van der Waals surface area contributed by atoms with Gasteiger partial charge < -0.3 is 36.4 Å². The third-order valence-electron chi connectivity index (χ3n) is 18.0. The number of benzene rings is 2. The van der Waals surface area contributed by atoms with Crippen LogP contribution in [0.25, 0.3) is 16.6 Å². The zero-order chi connectivity index (χ0) is 55.6. The van der Waals surface area contributed by atoms with Gasteiger partial charge in [-0.25, -0.2) is 4.98 Å². The number of aryl methyl sites for hydroxylation is 2. The van der Waals surface area contributed by atoms with Crippen LogP contribution < -0.4 is 26.6 Å². The molecule has 4 heterocycles. The molecule has 8 nitrogen and oxygen atoms in total. The largest absolute Gasteiger partial charge is 0.389 e. The van der Waals surface area contributed by atoms with Crippen LogP contribution in [0.1, 0.15) is 164 Å². The number of pyridine rings is 1. The Morgan fingerprint density at radius 3 is 2.31 bits per heavy atom. The van der Waals surface area contributed by atoms with Crippen LogP contribution in [-0.4, -0.2) is 47.0 Å². The van der Waals surface area contributed by atoms with Gasteiger partial charge in [0.25, 0.3) is 0 Å². The van der Waals surface area contributed by atoms with Crippen molar-refractivity contribution in [3.63, 3.8) is 0 Å². The van der Waals surface area contributed by atoms with Gasteiger partial charge in [-0.05, 0) is 148 Å². The molecule has 416 valence electrons. The third kappa shape index (κ3) is 13.4. The van der Waals surface area contributed by atoms with Gasteiger partial charge in [-0.2, -0.15) is 0 Å². The Bertz CT molecular complexity index is 2860. The van der Waals surface area contributed by atoms with Crippen molar-refractivity contribution in [3.8, 4) is 0 Å². The lowest BCUT2D eigenvalue weighted by Gasteiger charge is -2.37. The lowest BCUT2D eigenvalue weighted by molar-refractivity contribution is 0.332. The summed E-state index contributed by atoms with van der Waals surface area (Å²) < 4.78 is 0. The number of allylic oxidation sites excluding steroid dienone is 9. The van der Waals surface area contributed by atoms with Crippen molar-refractivity contribution in [2.24, 2.45) is 23.7 Å². The van der Waals surface area contributed by atoms with Crippen LogP contribution >= 0.6 is 0 Å². The molecule has 0 spiro atoms. The first kappa shape index (κ1) is 57.8. The number of likely N-dealkylation sites (tertiary alicyclic amines) is 1. The summed E-state index contributed by atoms with van der Waals surface area (Å²) in [7, 11) is 0. The fourth-order valence-electron chi connectivity index (χ4n) is 13.5. The minimum Gasteiger partial charge on any atom is -0.389 e. The van der Waals surface area contributed by atoms with E-state index in [1.165, 1.54) is 86.3 Å². The zero-order valence-electron chi connectivity index (χ0n) is 48.8. The number of rotatable bonds is 31. The van der Waals surface area contributed by atoms with E-state index in [0.717, 1.165) is 155 Å². The molecule has 1 saturated heterocycles. The summed E-state index contributed by atoms with van der Waals surface area (Å²) in [6, 6.07) is 15.6. The van der Waals surface area contributed by atoms with Crippen molar-refractivity contribution < 1.29 is 0 Å². The van der Waals surface area contributed by atoms with Gasteiger partial charge in [0, 0.05) is 87.5 Å². The standard InChI is InChI=1S/C70H96N8/c1-15-25-57(16-2)61-39-53(12)77(55(61)14)37-23-19-20-26-48(7)72-42-51(10)73-43-52(11)75-66(40-56-28-21-18-22-29-56)47(6)38-50(9)71-36-24-27-49(8)74-64-35-33-59-46(5)31-34-65-68(59)69(64)63-44-78-54(13)60-32-30-45(4)58(17-3)62(60)41-67(78)70(63)76-65/h18,21-22,28-29,31,34,41,47,57-58,61,64,66,71-75H,4,7-17,19-20,23-27,30,32-33,35-40,42-44H2,1-3,5-6H3. The van der Waals surface area contributed by atoms with Gasteiger partial charge in [0.2, 0.25) is 0 Å². The van der Waals surface area contributed by atoms with E-state index in [-0.39, 0.29) is 12.1 Å². The van der Waals surface area contributed by atoms with Crippen LogP contribution in [0.3, 0.4) is 0 Å². The first-order valence-corrected chi connectivity index (χ1v) is 30.0. The van der Waals surface area contributed by atoms with Gasteiger partial charge in [-0.3, -0.25) is 0 Å². The molecule has 0 radical (unpaired) electrons. The number of nitrogens with zero attached hydrogens (tertiary/aromatic N) is 3. The van der Waals surface area contributed by atoms with Crippen LogP contribution in [-0.2, 0) is 19.4 Å². The molecule has 5 aliphatic rings. The maximum absolute atomic E-state index is 5.45. The summed E-state index contributed by atoms with van der Waals surface area (Å²) in [5.74, 6) is 1.95. The van der Waals surface area contributed by atoms with Crippen molar-refractivity contribution in [3.05, 3.63) is 204 Å². The predicted molar refractivity (Wildman–Crippen MR) is 333 cm³/mol. The highest BCUT2D eigenvalue weighted by molar-refractivity contribution is 5.93. The van der Waals surface area contributed by atoms with E-state index in [0.29, 0.717) is 36.8 Å². The van der Waals surface area contributed by atoms with Gasteiger partial charge in [-0.1, -0.05) is 155 Å². The average Bonchev–Trinajstić information content (AvgIpc) is 4.12. The molecule has 3 aromatic rings. The molecule has 6 atom stereocenters. The number of hydrogen-bond acceptors (Lipinski definition) is 8. The van der Waals surface area contributed by atoms with E-state index in [9.17, 15) is 0 Å². The number of fused-ring (bicyclic) bond motifs is 4. The van der Waals surface area contributed by atoms with E-state index >= 15 is 0 Å². The molecule has 0 saturated carbocycles. The Hall–Kier alpha value is -6.41. The lowest BCUT2D eigenvalue weighted by atomic mass is 9.75. The van der Waals surface area contributed by atoms with Crippen LogP contribution in [0.4, 0.5) is 0 Å². The van der Waals surface area contributed by atoms with Gasteiger partial charge in [0.15, 0.2) is 0 Å². The molecule has 2 aromatic carbocycles. The fourth-order valence-corrected chi connectivity index (χ4v) is 13.5. The molecular formula is C70H96N8. The molecule has 8 heteroatoms. The van der Waals surface area contributed by atoms with Gasteiger partial charge >= 0.3 is 0 Å². The smallest absolute Gasteiger partial charge is 0.0928 e. The Labute approximate surface area is 471 Å². The second-order valence-corrected chi connectivity index (χ2v) is 23.6. The van der Waals surface area contributed by atoms with Crippen molar-refractivity contribution in [1.29, 1.82) is 0 Å². The quantitative estimate of drug-likeness (QED) is 0.0322. The summed E-state index contributed by atoms with van der Waals surface area (Å²) in [5, 5.41) is 19.8. The summed E-state index contributed by atoms with van der Waals surface area (Å²) in [5.41, 5.74) is 23.2. The Morgan fingerprint density at radius 1 is 0.795 bits per heavy atom. The highest BCUT2D eigenvalue weighted by Gasteiger charge is 2.40. The highest BCUT2D eigenvalue weighted by atomic mass is 15.2. The minimum atomic E-state index is 0.168. The lowest BCUT2D eigenvalue weighted by Crippen LogP contribution is -2.39. The van der Waals surface area contributed by atoms with E-state index in [2.05, 4.69) is 172 Å². The van der Waals surface area contributed by atoms with Gasteiger partial charge in [0.1, 0.15) is 0 Å². The van der Waals surface area contributed by atoms with E-state index in [4.69, 9.17) is 11.6 Å². The molecular weight excluding hydrogens is 953 g/mol. The van der Waals surface area contributed by atoms with E-state index in [1.54, 1.807) is 0 Å². The van der Waals surface area contributed by atoms with Crippen LogP contribution in [0.5, 0.6) is 0 Å².